The van der Waals surface area contributed by atoms with Gasteiger partial charge in [-0.2, -0.15) is 0 Å². The molecule has 5 heteroatoms. The highest BCUT2D eigenvalue weighted by molar-refractivity contribution is 7.99. The Hall–Kier alpha value is -3.12. The Kier molecular flexibility index (Phi) is 7.01. The van der Waals surface area contributed by atoms with Crippen molar-refractivity contribution in [2.24, 2.45) is 0 Å². The summed E-state index contributed by atoms with van der Waals surface area (Å²) in [5.74, 6) is 0. The van der Waals surface area contributed by atoms with E-state index in [0.29, 0.717) is 0 Å². The lowest BCUT2D eigenvalue weighted by molar-refractivity contribution is 0.153. The van der Waals surface area contributed by atoms with Crippen LogP contribution in [0.2, 0.25) is 0 Å². The number of hydrogen-bond acceptors (Lipinski definition) is 5. The van der Waals surface area contributed by atoms with Crippen LogP contribution in [-0.2, 0) is 0 Å². The first kappa shape index (κ1) is 24.2. The number of benzene rings is 3. The standard InChI is InChI=1S/C32H34N4S/c1-24-9-7-10-26(32(24)27-11-5-6-16-33-27)25-14-15-31-29(23-25)36(28-12-3-4-13-30(28)37-31)18-8-17-35-21-19-34(2)20-22-35/h3-7,9-16,23H,8,17-22H2,1-2H3. The lowest BCUT2D eigenvalue weighted by Gasteiger charge is -2.35. The third-order valence-corrected chi connectivity index (χ3v) is 8.71. The minimum Gasteiger partial charge on any atom is -0.340 e. The predicted molar refractivity (Wildman–Crippen MR) is 156 cm³/mol. The normalized spacial score (nSPS) is 15.9. The lowest BCUT2D eigenvalue weighted by atomic mass is 9.93. The molecule has 37 heavy (non-hydrogen) atoms. The maximum absolute atomic E-state index is 4.70. The minimum absolute atomic E-state index is 1.02. The molecular weight excluding hydrogens is 472 g/mol. The Morgan fingerprint density at radius 1 is 0.784 bits per heavy atom. The van der Waals surface area contributed by atoms with Crippen molar-refractivity contribution in [3.8, 4) is 22.4 Å². The molecule has 3 heterocycles. The van der Waals surface area contributed by atoms with Crippen LogP contribution in [0.3, 0.4) is 0 Å². The van der Waals surface area contributed by atoms with E-state index in [4.69, 9.17) is 4.98 Å². The zero-order chi connectivity index (χ0) is 25.2. The van der Waals surface area contributed by atoms with Crippen LogP contribution in [0.25, 0.3) is 22.4 Å². The molecule has 0 bridgehead atoms. The largest absolute Gasteiger partial charge is 0.340 e. The number of fused-ring (bicyclic) bond motifs is 2. The van der Waals surface area contributed by atoms with Gasteiger partial charge in [-0.05, 0) is 80.0 Å². The van der Waals surface area contributed by atoms with Crippen LogP contribution < -0.4 is 4.90 Å². The van der Waals surface area contributed by atoms with Crippen molar-refractivity contribution in [1.29, 1.82) is 0 Å². The molecule has 0 N–H and O–H groups in total. The van der Waals surface area contributed by atoms with Crippen LogP contribution in [0.1, 0.15) is 12.0 Å². The van der Waals surface area contributed by atoms with Gasteiger partial charge >= 0.3 is 0 Å². The number of rotatable bonds is 6. The second kappa shape index (κ2) is 10.7. The fourth-order valence-electron chi connectivity index (χ4n) is 5.52. The maximum Gasteiger partial charge on any atom is 0.0710 e. The molecule has 0 saturated carbocycles. The SMILES string of the molecule is Cc1cccc(-c2ccc3c(c2)N(CCCN2CCN(C)CC2)c2ccccc2S3)c1-c1ccccn1. The van der Waals surface area contributed by atoms with E-state index >= 15 is 0 Å². The van der Waals surface area contributed by atoms with Gasteiger partial charge in [-0.3, -0.25) is 4.98 Å². The van der Waals surface area contributed by atoms with Crippen molar-refractivity contribution in [3.63, 3.8) is 0 Å². The van der Waals surface area contributed by atoms with Crippen LogP contribution in [0.15, 0.2) is 94.9 Å². The first-order valence-electron chi connectivity index (χ1n) is 13.3. The Morgan fingerprint density at radius 3 is 2.43 bits per heavy atom. The summed E-state index contributed by atoms with van der Waals surface area (Å²) in [6.45, 7) is 9.04. The van der Waals surface area contributed by atoms with Crippen LogP contribution in [-0.4, -0.2) is 61.1 Å². The maximum atomic E-state index is 4.70. The summed E-state index contributed by atoms with van der Waals surface area (Å²) < 4.78 is 0. The van der Waals surface area contributed by atoms with Crippen molar-refractivity contribution in [2.75, 3.05) is 51.2 Å². The van der Waals surface area contributed by atoms with Gasteiger partial charge in [-0.15, -0.1) is 0 Å². The summed E-state index contributed by atoms with van der Waals surface area (Å²) in [4.78, 5) is 15.0. The Balaban J connectivity index is 1.34. The highest BCUT2D eigenvalue weighted by atomic mass is 32.2. The van der Waals surface area contributed by atoms with E-state index in [1.807, 2.05) is 24.0 Å². The summed E-state index contributed by atoms with van der Waals surface area (Å²) in [6, 6.07) is 28.6. The van der Waals surface area contributed by atoms with Crippen LogP contribution >= 0.6 is 11.8 Å². The molecule has 2 aliphatic rings. The summed E-state index contributed by atoms with van der Waals surface area (Å²) in [5, 5.41) is 0. The number of pyridine rings is 1. The van der Waals surface area contributed by atoms with E-state index in [9.17, 15) is 0 Å². The molecule has 2 aliphatic heterocycles. The van der Waals surface area contributed by atoms with Crippen LogP contribution in [0.4, 0.5) is 11.4 Å². The van der Waals surface area contributed by atoms with Crippen molar-refractivity contribution < 1.29 is 0 Å². The second-order valence-corrected chi connectivity index (χ2v) is 11.2. The highest BCUT2D eigenvalue weighted by Gasteiger charge is 2.24. The third-order valence-electron chi connectivity index (χ3n) is 7.58. The molecule has 0 unspecified atom stereocenters. The van der Waals surface area contributed by atoms with E-state index in [1.54, 1.807) is 0 Å². The Morgan fingerprint density at radius 2 is 1.59 bits per heavy atom. The molecule has 1 saturated heterocycles. The summed E-state index contributed by atoms with van der Waals surface area (Å²) >= 11 is 1.89. The minimum atomic E-state index is 1.02. The van der Waals surface area contributed by atoms with E-state index in [1.165, 1.54) is 69.6 Å². The molecule has 0 amide bonds. The van der Waals surface area contributed by atoms with Gasteiger partial charge < -0.3 is 14.7 Å². The van der Waals surface area contributed by atoms with Gasteiger partial charge in [0, 0.05) is 54.3 Å². The van der Waals surface area contributed by atoms with Gasteiger partial charge in [-0.25, -0.2) is 0 Å². The predicted octanol–water partition coefficient (Wildman–Crippen LogP) is 6.96. The molecule has 0 radical (unpaired) electrons. The van der Waals surface area contributed by atoms with Crippen molar-refractivity contribution in [3.05, 3.63) is 90.6 Å². The number of nitrogens with zero attached hydrogens (tertiary/aromatic N) is 4. The molecule has 188 valence electrons. The second-order valence-electron chi connectivity index (χ2n) is 10.1. The number of aryl methyl sites for hydroxylation is 1. The lowest BCUT2D eigenvalue weighted by Crippen LogP contribution is -2.45. The molecule has 3 aromatic carbocycles. The molecule has 1 aromatic heterocycles. The van der Waals surface area contributed by atoms with Crippen molar-refractivity contribution >= 4 is 23.1 Å². The fraction of sp³-hybridized carbons (Fsp3) is 0.281. The molecule has 4 nitrogen and oxygen atoms in total. The number of aromatic nitrogens is 1. The molecule has 0 spiro atoms. The van der Waals surface area contributed by atoms with Crippen molar-refractivity contribution in [1.82, 2.24) is 14.8 Å². The third kappa shape index (κ3) is 5.04. The Bertz CT molecular complexity index is 1380. The van der Waals surface area contributed by atoms with Gasteiger partial charge in [0.2, 0.25) is 0 Å². The first-order valence-corrected chi connectivity index (χ1v) is 14.1. The van der Waals surface area contributed by atoms with E-state index in [2.05, 4.69) is 101 Å². The van der Waals surface area contributed by atoms with Gasteiger partial charge in [0.1, 0.15) is 0 Å². The number of hydrogen-bond donors (Lipinski definition) is 0. The van der Waals surface area contributed by atoms with Gasteiger partial charge in [-0.1, -0.05) is 54.2 Å². The number of piperazine rings is 1. The number of para-hydroxylation sites is 1. The number of likely N-dealkylation sites (N-methyl/N-ethyl adjacent to an activating group) is 1. The molecule has 0 atom stereocenters. The quantitative estimate of drug-likeness (QED) is 0.281. The first-order chi connectivity index (χ1) is 18.2. The Labute approximate surface area is 224 Å². The average Bonchev–Trinajstić information content (AvgIpc) is 2.94. The zero-order valence-corrected chi connectivity index (χ0v) is 22.5. The van der Waals surface area contributed by atoms with Crippen molar-refractivity contribution in [2.45, 2.75) is 23.1 Å². The van der Waals surface area contributed by atoms with Gasteiger partial charge in [0.05, 0.1) is 17.1 Å². The summed E-state index contributed by atoms with van der Waals surface area (Å²) in [6.07, 6.45) is 3.03. The smallest absolute Gasteiger partial charge is 0.0710 e. The molecule has 6 rings (SSSR count). The fourth-order valence-corrected chi connectivity index (χ4v) is 6.60. The average molecular weight is 507 g/mol. The van der Waals surface area contributed by atoms with Gasteiger partial charge in [0.15, 0.2) is 0 Å². The van der Waals surface area contributed by atoms with Crippen LogP contribution in [0.5, 0.6) is 0 Å². The highest BCUT2D eigenvalue weighted by Crippen LogP contribution is 2.49. The topological polar surface area (TPSA) is 22.6 Å². The summed E-state index contributed by atoms with van der Waals surface area (Å²) in [5.41, 5.74) is 8.61. The molecule has 4 aromatic rings. The number of anilines is 2. The monoisotopic (exact) mass is 506 g/mol. The van der Waals surface area contributed by atoms with E-state index < -0.39 is 0 Å². The molecule has 0 aliphatic carbocycles. The van der Waals surface area contributed by atoms with E-state index in [0.717, 1.165) is 25.2 Å². The zero-order valence-electron chi connectivity index (χ0n) is 21.7. The van der Waals surface area contributed by atoms with Gasteiger partial charge in [0.25, 0.3) is 0 Å². The van der Waals surface area contributed by atoms with E-state index in [-0.39, 0.29) is 0 Å². The summed E-state index contributed by atoms with van der Waals surface area (Å²) in [7, 11) is 2.22. The van der Waals surface area contributed by atoms with Crippen LogP contribution in [0, 0.1) is 6.92 Å². The molecule has 1 fully saturated rings. The molecular formula is C32H34N4S.